The number of cyclic esters (lactones) is 1. The standard InChI is InChI=1S/C22H18ClFN2O3/c23-15-4-8-18(9-5-15)28-19-10-6-17(7-11-19)26-21(20(13-25)29-22(26)27)14-2-1-3-16(24)12-14/h1-12,20-21H,13,25H2/t20-,21-/m0/s1. The highest BCUT2D eigenvalue weighted by atomic mass is 35.5. The molecule has 29 heavy (non-hydrogen) atoms. The number of hydrogen-bond donors (Lipinski definition) is 1. The SMILES string of the molecule is NC[C@@H]1OC(=O)N(c2ccc(Oc3ccc(Cl)cc3)cc2)[C@H]1c1cccc(F)c1. The van der Waals surface area contributed by atoms with Gasteiger partial charge < -0.3 is 15.2 Å². The van der Waals surface area contributed by atoms with Crippen molar-refractivity contribution in [3.05, 3.63) is 89.2 Å². The molecule has 2 N–H and O–H groups in total. The van der Waals surface area contributed by atoms with Gasteiger partial charge >= 0.3 is 6.09 Å². The summed E-state index contributed by atoms with van der Waals surface area (Å²) in [7, 11) is 0. The molecule has 4 rings (SSSR count). The molecule has 1 aliphatic heterocycles. The van der Waals surface area contributed by atoms with Gasteiger partial charge in [-0.3, -0.25) is 4.90 Å². The van der Waals surface area contributed by atoms with Crippen molar-refractivity contribution in [2.24, 2.45) is 5.73 Å². The second kappa shape index (κ2) is 8.11. The van der Waals surface area contributed by atoms with Crippen LogP contribution in [0.3, 0.4) is 0 Å². The molecular weight excluding hydrogens is 395 g/mol. The average Bonchev–Trinajstić information content (AvgIpc) is 3.07. The van der Waals surface area contributed by atoms with Crippen molar-refractivity contribution in [1.29, 1.82) is 0 Å². The number of amides is 1. The first-order chi connectivity index (χ1) is 14.0. The van der Waals surface area contributed by atoms with Gasteiger partial charge in [-0.2, -0.15) is 0 Å². The zero-order valence-electron chi connectivity index (χ0n) is 15.3. The van der Waals surface area contributed by atoms with Crippen molar-refractivity contribution < 1.29 is 18.7 Å². The molecule has 1 amide bonds. The van der Waals surface area contributed by atoms with E-state index >= 15 is 0 Å². The molecule has 3 aromatic rings. The second-order valence-corrected chi connectivity index (χ2v) is 7.01. The lowest BCUT2D eigenvalue weighted by atomic mass is 10.00. The molecule has 0 unspecified atom stereocenters. The van der Waals surface area contributed by atoms with Crippen LogP contribution in [0.15, 0.2) is 72.8 Å². The molecular formula is C22H18ClFN2O3. The Bertz CT molecular complexity index is 1010. The summed E-state index contributed by atoms with van der Waals surface area (Å²) in [4.78, 5) is 14.0. The van der Waals surface area contributed by atoms with Gasteiger partial charge in [-0.15, -0.1) is 0 Å². The quantitative estimate of drug-likeness (QED) is 0.617. The number of ether oxygens (including phenoxy) is 2. The van der Waals surface area contributed by atoms with E-state index in [1.165, 1.54) is 17.0 Å². The van der Waals surface area contributed by atoms with Crippen LogP contribution >= 0.6 is 11.6 Å². The lowest BCUT2D eigenvalue weighted by molar-refractivity contribution is 0.136. The third-order valence-electron chi connectivity index (χ3n) is 4.67. The van der Waals surface area contributed by atoms with Crippen molar-refractivity contribution in [3.8, 4) is 11.5 Å². The van der Waals surface area contributed by atoms with Gasteiger partial charge in [0.15, 0.2) is 0 Å². The molecule has 0 spiro atoms. The van der Waals surface area contributed by atoms with Crippen LogP contribution in [0.4, 0.5) is 14.9 Å². The fourth-order valence-corrected chi connectivity index (χ4v) is 3.47. The number of halogens is 2. The molecule has 5 nitrogen and oxygen atoms in total. The summed E-state index contributed by atoms with van der Waals surface area (Å²) >= 11 is 5.88. The van der Waals surface area contributed by atoms with E-state index in [4.69, 9.17) is 26.8 Å². The lowest BCUT2D eigenvalue weighted by Gasteiger charge is -2.25. The van der Waals surface area contributed by atoms with Gasteiger partial charge in [0.25, 0.3) is 0 Å². The lowest BCUT2D eigenvalue weighted by Crippen LogP contribution is -2.32. The molecule has 7 heteroatoms. The summed E-state index contributed by atoms with van der Waals surface area (Å²) in [6, 6.07) is 19.6. The Labute approximate surface area is 172 Å². The predicted octanol–water partition coefficient (Wildman–Crippen LogP) is 5.30. The summed E-state index contributed by atoms with van der Waals surface area (Å²) in [5.74, 6) is 0.856. The summed E-state index contributed by atoms with van der Waals surface area (Å²) < 4.78 is 25.0. The maximum Gasteiger partial charge on any atom is 0.415 e. The predicted molar refractivity (Wildman–Crippen MR) is 109 cm³/mol. The normalized spacial score (nSPS) is 18.6. The van der Waals surface area contributed by atoms with Crippen LogP contribution in [0.25, 0.3) is 0 Å². The third kappa shape index (κ3) is 4.04. The topological polar surface area (TPSA) is 64.8 Å². The maximum absolute atomic E-state index is 13.8. The smallest absolute Gasteiger partial charge is 0.415 e. The minimum absolute atomic E-state index is 0.126. The molecule has 148 valence electrons. The van der Waals surface area contributed by atoms with E-state index in [0.29, 0.717) is 27.8 Å². The Morgan fingerprint density at radius 2 is 1.69 bits per heavy atom. The van der Waals surface area contributed by atoms with Crippen LogP contribution in [-0.4, -0.2) is 18.7 Å². The molecule has 1 aliphatic rings. The number of anilines is 1. The number of nitrogens with two attached hydrogens (primary N) is 1. The summed E-state index contributed by atoms with van der Waals surface area (Å²) in [6.07, 6.45) is -1.10. The van der Waals surface area contributed by atoms with Gasteiger partial charge in [0, 0.05) is 17.3 Å². The van der Waals surface area contributed by atoms with E-state index in [-0.39, 0.29) is 12.4 Å². The number of carbonyl (C=O) groups is 1. The molecule has 0 aromatic heterocycles. The highest BCUT2D eigenvalue weighted by Crippen LogP contribution is 2.38. The Kier molecular flexibility index (Phi) is 5.38. The van der Waals surface area contributed by atoms with Gasteiger partial charge in [0.2, 0.25) is 0 Å². The van der Waals surface area contributed by atoms with E-state index in [1.54, 1.807) is 60.7 Å². The highest BCUT2D eigenvalue weighted by molar-refractivity contribution is 6.30. The largest absolute Gasteiger partial charge is 0.457 e. The Hall–Kier alpha value is -3.09. The van der Waals surface area contributed by atoms with E-state index in [2.05, 4.69) is 0 Å². The van der Waals surface area contributed by atoms with Gasteiger partial charge in [-0.25, -0.2) is 9.18 Å². The molecule has 0 saturated carbocycles. The Balaban J connectivity index is 1.61. The van der Waals surface area contributed by atoms with Gasteiger partial charge in [0.1, 0.15) is 29.5 Å². The fourth-order valence-electron chi connectivity index (χ4n) is 3.34. The molecule has 1 saturated heterocycles. The summed E-state index contributed by atoms with van der Waals surface area (Å²) in [5, 5.41) is 0.623. The van der Waals surface area contributed by atoms with E-state index < -0.39 is 18.2 Å². The maximum atomic E-state index is 13.8. The van der Waals surface area contributed by atoms with Crippen LogP contribution in [0.5, 0.6) is 11.5 Å². The van der Waals surface area contributed by atoms with Crippen LogP contribution in [0, 0.1) is 5.82 Å². The van der Waals surface area contributed by atoms with Crippen molar-refractivity contribution in [2.75, 3.05) is 11.4 Å². The Morgan fingerprint density at radius 1 is 1.03 bits per heavy atom. The molecule has 1 heterocycles. The first-order valence-electron chi connectivity index (χ1n) is 9.04. The van der Waals surface area contributed by atoms with Crippen molar-refractivity contribution >= 4 is 23.4 Å². The third-order valence-corrected chi connectivity index (χ3v) is 4.92. The van der Waals surface area contributed by atoms with E-state index in [1.807, 2.05) is 0 Å². The van der Waals surface area contributed by atoms with Crippen LogP contribution in [0.1, 0.15) is 11.6 Å². The van der Waals surface area contributed by atoms with Crippen molar-refractivity contribution in [3.63, 3.8) is 0 Å². The number of benzene rings is 3. The first kappa shape index (κ1) is 19.2. The molecule has 2 atom stereocenters. The molecule has 0 aliphatic carbocycles. The van der Waals surface area contributed by atoms with Crippen LogP contribution in [-0.2, 0) is 4.74 Å². The van der Waals surface area contributed by atoms with Gasteiger partial charge in [0.05, 0.1) is 0 Å². The molecule has 0 radical (unpaired) electrons. The van der Waals surface area contributed by atoms with Crippen molar-refractivity contribution in [2.45, 2.75) is 12.1 Å². The van der Waals surface area contributed by atoms with Gasteiger partial charge in [-0.05, 0) is 66.2 Å². The van der Waals surface area contributed by atoms with Crippen LogP contribution < -0.4 is 15.4 Å². The molecule has 0 bridgehead atoms. The number of hydrogen-bond acceptors (Lipinski definition) is 4. The average molecular weight is 413 g/mol. The van der Waals surface area contributed by atoms with Gasteiger partial charge in [-0.1, -0.05) is 23.7 Å². The van der Waals surface area contributed by atoms with E-state index in [0.717, 1.165) is 0 Å². The fraction of sp³-hybridized carbons (Fsp3) is 0.136. The number of nitrogens with zero attached hydrogens (tertiary/aromatic N) is 1. The summed E-state index contributed by atoms with van der Waals surface area (Å²) in [5.41, 5.74) is 7.01. The van der Waals surface area contributed by atoms with Crippen LogP contribution in [0.2, 0.25) is 5.02 Å². The van der Waals surface area contributed by atoms with E-state index in [9.17, 15) is 9.18 Å². The second-order valence-electron chi connectivity index (χ2n) is 6.58. The number of rotatable bonds is 5. The monoisotopic (exact) mass is 412 g/mol. The molecule has 1 fully saturated rings. The molecule has 3 aromatic carbocycles. The zero-order valence-corrected chi connectivity index (χ0v) is 16.1. The van der Waals surface area contributed by atoms with Crippen molar-refractivity contribution in [1.82, 2.24) is 0 Å². The Morgan fingerprint density at radius 3 is 2.31 bits per heavy atom. The summed E-state index contributed by atoms with van der Waals surface area (Å²) in [6.45, 7) is 0.126. The minimum Gasteiger partial charge on any atom is -0.457 e. The first-order valence-corrected chi connectivity index (χ1v) is 9.42. The zero-order chi connectivity index (χ0) is 20.4. The highest BCUT2D eigenvalue weighted by Gasteiger charge is 2.43. The number of carbonyl (C=O) groups excluding carboxylic acids is 1. The minimum atomic E-state index is -0.575.